The van der Waals surface area contributed by atoms with Gasteiger partial charge in [0, 0.05) is 44.3 Å². The van der Waals surface area contributed by atoms with E-state index in [2.05, 4.69) is 21.4 Å². The molecule has 3 aliphatic rings. The number of esters is 1. The summed E-state index contributed by atoms with van der Waals surface area (Å²) in [5, 5.41) is 32.3. The van der Waals surface area contributed by atoms with Gasteiger partial charge in [-0.1, -0.05) is 69.4 Å². The molecular weight excluding hydrogens is 759 g/mol. The third-order valence-corrected chi connectivity index (χ3v) is 11.3. The molecule has 322 valence electrons. The first-order valence-electron chi connectivity index (χ1n) is 20.3. The molecule has 1 spiro atoms. The number of allylic oxidation sites excluding steroid dienone is 4. The van der Waals surface area contributed by atoms with Crippen molar-refractivity contribution in [3.05, 3.63) is 77.9 Å². The smallest absolute Gasteiger partial charge is 0.325 e. The highest BCUT2D eigenvalue weighted by molar-refractivity contribution is 5.98. The third-order valence-electron chi connectivity index (χ3n) is 11.3. The van der Waals surface area contributed by atoms with Crippen LogP contribution in [0.1, 0.15) is 84.6 Å². The number of hydrazine groups is 1. The summed E-state index contributed by atoms with van der Waals surface area (Å²) >= 11 is 0. The average molecular weight is 820 g/mol. The molecule has 3 unspecified atom stereocenters. The van der Waals surface area contributed by atoms with Crippen molar-refractivity contribution in [3.8, 4) is 5.75 Å². The van der Waals surface area contributed by atoms with Gasteiger partial charge in [-0.05, 0) is 68.7 Å². The van der Waals surface area contributed by atoms with E-state index in [1.54, 1.807) is 76.3 Å². The molecule has 2 fully saturated rings. The van der Waals surface area contributed by atoms with Gasteiger partial charge in [-0.2, -0.15) is 0 Å². The fraction of sp³-hybridized carbons (Fsp3) is 0.545. The zero-order valence-corrected chi connectivity index (χ0v) is 35.1. The lowest BCUT2D eigenvalue weighted by Crippen LogP contribution is -2.63. The fourth-order valence-corrected chi connectivity index (χ4v) is 7.43. The summed E-state index contributed by atoms with van der Waals surface area (Å²) in [6, 6.07) is 5.16. The number of amides is 4. The molecule has 1 aliphatic carbocycles. The highest BCUT2D eigenvalue weighted by Gasteiger charge is 2.64. The number of hydrogen-bond acceptors (Lipinski definition) is 11. The Balaban J connectivity index is 1.77. The van der Waals surface area contributed by atoms with E-state index in [1.807, 2.05) is 6.07 Å². The summed E-state index contributed by atoms with van der Waals surface area (Å²) < 4.78 is 11.5. The van der Waals surface area contributed by atoms with Crippen LogP contribution in [0.4, 0.5) is 0 Å². The Morgan fingerprint density at radius 2 is 1.86 bits per heavy atom. The van der Waals surface area contributed by atoms with Gasteiger partial charge in [0.2, 0.25) is 17.7 Å². The largest absolute Gasteiger partial charge is 0.497 e. The molecule has 15 nitrogen and oxygen atoms in total. The van der Waals surface area contributed by atoms with Crippen LogP contribution >= 0.6 is 0 Å². The Labute approximate surface area is 346 Å². The van der Waals surface area contributed by atoms with E-state index >= 15 is 0 Å². The fourth-order valence-electron chi connectivity index (χ4n) is 7.43. The molecular formula is C44H61N5O10. The number of cyclic esters (lactones) is 1. The van der Waals surface area contributed by atoms with E-state index < -0.39 is 83.3 Å². The van der Waals surface area contributed by atoms with Crippen molar-refractivity contribution in [2.24, 2.45) is 17.8 Å². The van der Waals surface area contributed by atoms with Crippen molar-refractivity contribution in [2.75, 3.05) is 20.7 Å². The predicted octanol–water partition coefficient (Wildman–Crippen LogP) is 2.69. The second kappa shape index (κ2) is 21.2. The van der Waals surface area contributed by atoms with Crippen molar-refractivity contribution in [3.63, 3.8) is 0 Å². The van der Waals surface area contributed by atoms with E-state index in [1.165, 1.54) is 38.2 Å². The van der Waals surface area contributed by atoms with Crippen LogP contribution in [0.25, 0.3) is 0 Å². The molecule has 4 rings (SSSR count). The Bertz CT molecular complexity index is 1820. The molecule has 2 aliphatic heterocycles. The Morgan fingerprint density at radius 1 is 1.12 bits per heavy atom. The van der Waals surface area contributed by atoms with Gasteiger partial charge in [0.15, 0.2) is 0 Å². The molecule has 15 heteroatoms. The van der Waals surface area contributed by atoms with E-state index in [-0.39, 0.29) is 43.9 Å². The number of nitrogens with zero attached hydrogens (tertiary/aromatic N) is 1. The number of aliphatic hydroxyl groups excluding tert-OH is 2. The molecule has 2 heterocycles. The quantitative estimate of drug-likeness (QED) is 0.121. The van der Waals surface area contributed by atoms with E-state index in [4.69, 9.17) is 9.47 Å². The van der Waals surface area contributed by atoms with Crippen molar-refractivity contribution in [2.45, 2.75) is 115 Å². The van der Waals surface area contributed by atoms with Gasteiger partial charge >= 0.3 is 5.97 Å². The molecule has 0 radical (unpaired) electrons. The van der Waals surface area contributed by atoms with Crippen LogP contribution < -0.4 is 26.1 Å². The van der Waals surface area contributed by atoms with Crippen LogP contribution in [0.15, 0.2) is 72.4 Å². The first-order valence-corrected chi connectivity index (χ1v) is 20.3. The number of carbonyl (C=O) groups is 6. The number of likely N-dealkylation sites (N-methyl/N-ethyl adjacent to an activating group) is 1. The summed E-state index contributed by atoms with van der Waals surface area (Å²) in [5.41, 5.74) is 2.99. The molecule has 1 aromatic carbocycles. The lowest BCUT2D eigenvalue weighted by Gasteiger charge is -2.37. The normalized spacial score (nSPS) is 31.4. The number of rotatable bonds is 9. The maximum atomic E-state index is 14.7. The average Bonchev–Trinajstić information content (AvgIpc) is 3.95. The van der Waals surface area contributed by atoms with Crippen molar-refractivity contribution >= 4 is 35.4 Å². The molecule has 1 aromatic rings. The number of methoxy groups -OCH3 is 1. The molecule has 0 aromatic heterocycles. The topological polar surface area (TPSA) is 213 Å². The standard InChI is InChI=1S/C44H61N5O10/c1-26(2)38-41(55)47-44(25-33(44)30-15-12-16-31(24-30)58-7)43(57)49-23-13-17-34(48-49)42(56)59-36(27(3)14-11-20-37(52)45-6)19-10-8-9-18-35(51)29(5)39(53)32(40(54)46-38)22-21-28(4)50/h8-12,14-16,18,20,24,26,29,32-36,38-39,48,51,53H,13,17,19,21-23,25H2,1-7H3,(H,45,52)(H,46,54)(H,47,55)/b10-8+,18-9+,20-11+,27-14+/t29-,32+,33?,34?,35-,36-,38-,39+,44?/m0/s1. The van der Waals surface area contributed by atoms with Crippen LogP contribution in [-0.2, 0) is 33.5 Å². The van der Waals surface area contributed by atoms with Gasteiger partial charge in [-0.25, -0.2) is 5.43 Å². The molecule has 6 N–H and O–H groups in total. The number of ketones is 1. The molecule has 2 bridgehead atoms. The molecule has 1 saturated carbocycles. The van der Waals surface area contributed by atoms with Crippen LogP contribution in [-0.4, -0.2) is 107 Å². The maximum absolute atomic E-state index is 14.7. The number of carbonyl (C=O) groups excluding carboxylic acids is 6. The lowest BCUT2D eigenvalue weighted by molar-refractivity contribution is -0.156. The lowest BCUT2D eigenvalue weighted by atomic mass is 9.84. The summed E-state index contributed by atoms with van der Waals surface area (Å²) in [4.78, 5) is 80.8. The van der Waals surface area contributed by atoms with Gasteiger partial charge in [0.1, 0.15) is 35.3 Å². The van der Waals surface area contributed by atoms with Crippen molar-refractivity contribution in [1.82, 2.24) is 26.4 Å². The molecule has 59 heavy (non-hydrogen) atoms. The van der Waals surface area contributed by atoms with Gasteiger partial charge in [-0.15, -0.1) is 0 Å². The summed E-state index contributed by atoms with van der Waals surface area (Å²) in [6.45, 7) is 8.46. The van der Waals surface area contributed by atoms with Crippen LogP contribution in [0.3, 0.4) is 0 Å². The Kier molecular flexibility index (Phi) is 16.8. The predicted molar refractivity (Wildman–Crippen MR) is 220 cm³/mol. The molecule has 9 atom stereocenters. The molecule has 4 amide bonds. The number of ether oxygens (including phenoxy) is 2. The van der Waals surface area contributed by atoms with Gasteiger partial charge in [-0.3, -0.25) is 29.0 Å². The summed E-state index contributed by atoms with van der Waals surface area (Å²) in [7, 11) is 3.04. The Morgan fingerprint density at radius 3 is 2.54 bits per heavy atom. The number of nitrogens with one attached hydrogen (secondary N) is 4. The van der Waals surface area contributed by atoms with Gasteiger partial charge in [0.05, 0.1) is 25.2 Å². The highest BCUT2D eigenvalue weighted by atomic mass is 16.5. The van der Waals surface area contributed by atoms with E-state index in [9.17, 15) is 39.0 Å². The van der Waals surface area contributed by atoms with Crippen LogP contribution in [0.5, 0.6) is 5.75 Å². The number of benzene rings is 1. The van der Waals surface area contributed by atoms with E-state index in [0.717, 1.165) is 5.56 Å². The SMILES string of the molecule is CNC(=O)/C=C/C=C(\C)[C@@H]1C/C=C/C=C/[C@H](O)[C@H](C)[C@@H](O)[C@@H](CCC(C)=O)C(=O)N[C@@H](C(C)C)C(=O)NC2(CC2c2cccc(OC)c2)C(=O)N2CCCC(N2)C(=O)O1. The van der Waals surface area contributed by atoms with Crippen LogP contribution in [0.2, 0.25) is 0 Å². The minimum atomic E-state index is -1.46. The summed E-state index contributed by atoms with van der Waals surface area (Å²) in [5.74, 6) is -5.26. The zero-order valence-electron chi connectivity index (χ0n) is 35.1. The zero-order chi connectivity index (χ0) is 43.4. The number of fused-ring (bicyclic) bond motifs is 2. The first-order chi connectivity index (χ1) is 28.0. The number of Topliss-reactive ketones (excluding diaryl/α,β-unsaturated/α-hetero) is 1. The highest BCUT2D eigenvalue weighted by Crippen LogP contribution is 2.53. The third kappa shape index (κ3) is 12.2. The Hall–Kier alpha value is -5.12. The van der Waals surface area contributed by atoms with Gasteiger partial charge in [0.25, 0.3) is 5.91 Å². The second-order valence-corrected chi connectivity index (χ2v) is 16.1. The van der Waals surface area contributed by atoms with Crippen molar-refractivity contribution < 1.29 is 48.5 Å². The summed E-state index contributed by atoms with van der Waals surface area (Å²) in [6.07, 6.45) is 8.85. The van der Waals surface area contributed by atoms with Crippen molar-refractivity contribution in [1.29, 1.82) is 0 Å². The first kappa shape index (κ1) is 46.6. The number of aliphatic hydroxyl groups is 2. The van der Waals surface area contributed by atoms with Crippen LogP contribution in [0, 0.1) is 17.8 Å². The van der Waals surface area contributed by atoms with Gasteiger partial charge < -0.3 is 40.4 Å². The maximum Gasteiger partial charge on any atom is 0.325 e. The number of hydrogen-bond donors (Lipinski definition) is 6. The van der Waals surface area contributed by atoms with E-state index in [0.29, 0.717) is 24.2 Å². The monoisotopic (exact) mass is 819 g/mol. The minimum Gasteiger partial charge on any atom is -0.497 e. The molecule has 1 saturated heterocycles. The minimum absolute atomic E-state index is 0.0140. The second-order valence-electron chi connectivity index (χ2n) is 16.1.